The Bertz CT molecular complexity index is 666. The topological polar surface area (TPSA) is 43.4 Å². The number of hydrogen-bond donors (Lipinski definition) is 0. The first-order chi connectivity index (χ1) is 10.3. The Balaban J connectivity index is 1.90. The summed E-state index contributed by atoms with van der Waals surface area (Å²) in [6.45, 7) is 7.92. The largest absolute Gasteiger partial charge is 0.427 e. The standard InChI is InChI=1S/C19H22O3/c1-12(20)22-14-7-5-13(6-8-14)11-15-16-9-10-19(4,17(15)21)18(16,2)3/h5-8,11,16H,9-10H2,1-4H3. The Morgan fingerprint density at radius 1 is 1.23 bits per heavy atom. The number of carbonyl (C=O) groups is 2. The molecule has 0 heterocycles. The van der Waals surface area contributed by atoms with Gasteiger partial charge in [-0.05, 0) is 53.5 Å². The summed E-state index contributed by atoms with van der Waals surface area (Å²) in [7, 11) is 0. The summed E-state index contributed by atoms with van der Waals surface area (Å²) in [5, 5.41) is 0. The van der Waals surface area contributed by atoms with Crippen molar-refractivity contribution in [3.8, 4) is 5.75 Å². The fourth-order valence-electron chi connectivity index (χ4n) is 4.07. The third-order valence-electron chi connectivity index (χ3n) is 5.83. The minimum absolute atomic E-state index is 0.0353. The van der Waals surface area contributed by atoms with Gasteiger partial charge in [0.05, 0.1) is 0 Å². The molecule has 0 aliphatic heterocycles. The SMILES string of the molecule is CC(=O)Oc1ccc(C=C2C(=O)C3(C)CCC2C3(C)C)cc1. The molecule has 1 aromatic rings. The molecule has 2 atom stereocenters. The number of allylic oxidation sites excluding steroid dienone is 1. The van der Waals surface area contributed by atoms with Crippen LogP contribution in [-0.2, 0) is 9.59 Å². The van der Waals surface area contributed by atoms with Gasteiger partial charge in [0.2, 0.25) is 0 Å². The van der Waals surface area contributed by atoms with Crippen LogP contribution < -0.4 is 4.74 Å². The monoisotopic (exact) mass is 298 g/mol. The lowest BCUT2D eigenvalue weighted by atomic mass is 9.70. The van der Waals surface area contributed by atoms with Crippen molar-refractivity contribution in [3.63, 3.8) is 0 Å². The van der Waals surface area contributed by atoms with E-state index < -0.39 is 0 Å². The maximum atomic E-state index is 12.8. The molecule has 0 amide bonds. The van der Waals surface area contributed by atoms with Gasteiger partial charge in [-0.2, -0.15) is 0 Å². The van der Waals surface area contributed by atoms with Gasteiger partial charge in [-0.25, -0.2) is 0 Å². The number of Topliss-reactive ketones (excluding diaryl/α,β-unsaturated/α-hetero) is 1. The number of fused-ring (bicyclic) bond motifs is 2. The van der Waals surface area contributed by atoms with E-state index in [0.717, 1.165) is 24.0 Å². The summed E-state index contributed by atoms with van der Waals surface area (Å²) in [5.74, 6) is 0.848. The molecule has 0 N–H and O–H groups in total. The van der Waals surface area contributed by atoms with Crippen LogP contribution in [0.1, 0.15) is 46.1 Å². The fourth-order valence-corrected chi connectivity index (χ4v) is 4.07. The molecule has 0 spiro atoms. The second kappa shape index (κ2) is 4.80. The second-order valence-electron chi connectivity index (χ2n) is 7.24. The molecular formula is C19H22O3. The Morgan fingerprint density at radius 2 is 1.86 bits per heavy atom. The summed E-state index contributed by atoms with van der Waals surface area (Å²) < 4.78 is 5.03. The summed E-state index contributed by atoms with van der Waals surface area (Å²) >= 11 is 0. The molecule has 2 saturated carbocycles. The van der Waals surface area contributed by atoms with E-state index in [0.29, 0.717) is 17.5 Å². The number of ketones is 1. The Hall–Kier alpha value is -1.90. The lowest BCUT2D eigenvalue weighted by Gasteiger charge is -2.31. The highest BCUT2D eigenvalue weighted by Crippen LogP contribution is 2.65. The Morgan fingerprint density at radius 3 is 2.36 bits per heavy atom. The van der Waals surface area contributed by atoms with Gasteiger partial charge in [0, 0.05) is 12.3 Å². The van der Waals surface area contributed by atoms with E-state index in [1.165, 1.54) is 6.92 Å². The zero-order chi connectivity index (χ0) is 16.1. The van der Waals surface area contributed by atoms with E-state index in [1.54, 1.807) is 12.1 Å². The third kappa shape index (κ3) is 2.03. The minimum Gasteiger partial charge on any atom is -0.427 e. The van der Waals surface area contributed by atoms with Crippen molar-refractivity contribution in [2.75, 3.05) is 0 Å². The number of hydrogen-bond acceptors (Lipinski definition) is 3. The van der Waals surface area contributed by atoms with E-state index in [2.05, 4.69) is 20.8 Å². The molecule has 3 nitrogen and oxygen atoms in total. The first-order valence-corrected chi connectivity index (χ1v) is 7.80. The Kier molecular flexibility index (Phi) is 3.28. The predicted molar refractivity (Wildman–Crippen MR) is 85.3 cm³/mol. The minimum atomic E-state index is -0.330. The van der Waals surface area contributed by atoms with Crippen LogP contribution in [0.25, 0.3) is 6.08 Å². The van der Waals surface area contributed by atoms with Gasteiger partial charge in [0.15, 0.2) is 5.78 Å². The van der Waals surface area contributed by atoms with Crippen LogP contribution in [0.15, 0.2) is 29.8 Å². The van der Waals surface area contributed by atoms with Crippen LogP contribution in [-0.4, -0.2) is 11.8 Å². The number of benzene rings is 1. The Labute approximate surface area is 131 Å². The van der Waals surface area contributed by atoms with Crippen molar-refractivity contribution in [2.24, 2.45) is 16.7 Å². The van der Waals surface area contributed by atoms with Crippen LogP contribution in [0.2, 0.25) is 0 Å². The molecule has 1 aromatic carbocycles. The average Bonchev–Trinajstić information content (AvgIpc) is 2.75. The van der Waals surface area contributed by atoms with Crippen molar-refractivity contribution < 1.29 is 14.3 Å². The molecule has 2 fully saturated rings. The van der Waals surface area contributed by atoms with E-state index >= 15 is 0 Å². The molecule has 2 aliphatic rings. The first kappa shape index (κ1) is 15.0. The molecule has 0 aromatic heterocycles. The molecule has 2 aliphatic carbocycles. The highest BCUT2D eigenvalue weighted by atomic mass is 16.5. The molecule has 2 unspecified atom stereocenters. The van der Waals surface area contributed by atoms with Gasteiger partial charge in [-0.15, -0.1) is 0 Å². The van der Waals surface area contributed by atoms with E-state index in [4.69, 9.17) is 4.74 Å². The molecule has 116 valence electrons. The molecule has 0 radical (unpaired) electrons. The normalized spacial score (nSPS) is 30.8. The van der Waals surface area contributed by atoms with Crippen molar-refractivity contribution in [1.29, 1.82) is 0 Å². The van der Waals surface area contributed by atoms with Crippen molar-refractivity contribution in [3.05, 3.63) is 35.4 Å². The molecule has 3 heteroatoms. The summed E-state index contributed by atoms with van der Waals surface area (Å²) in [4.78, 5) is 23.7. The zero-order valence-corrected chi connectivity index (χ0v) is 13.6. The molecule has 2 bridgehead atoms. The lowest BCUT2D eigenvalue weighted by molar-refractivity contribution is -0.132. The molecule has 22 heavy (non-hydrogen) atoms. The van der Waals surface area contributed by atoms with E-state index in [-0.39, 0.29) is 16.8 Å². The van der Waals surface area contributed by atoms with Gasteiger partial charge in [0.25, 0.3) is 0 Å². The van der Waals surface area contributed by atoms with Crippen LogP contribution >= 0.6 is 0 Å². The predicted octanol–water partition coefficient (Wildman–Crippen LogP) is 4.02. The summed E-state index contributed by atoms with van der Waals surface area (Å²) in [6.07, 6.45) is 4.09. The van der Waals surface area contributed by atoms with Crippen LogP contribution in [0.3, 0.4) is 0 Å². The van der Waals surface area contributed by atoms with Gasteiger partial charge in [-0.3, -0.25) is 9.59 Å². The van der Waals surface area contributed by atoms with Crippen LogP contribution in [0.4, 0.5) is 0 Å². The highest BCUT2D eigenvalue weighted by Gasteiger charge is 2.63. The molecule has 0 saturated heterocycles. The fraction of sp³-hybridized carbons (Fsp3) is 0.474. The van der Waals surface area contributed by atoms with Crippen molar-refractivity contribution in [2.45, 2.75) is 40.5 Å². The van der Waals surface area contributed by atoms with E-state index in [9.17, 15) is 9.59 Å². The quantitative estimate of drug-likeness (QED) is 0.470. The van der Waals surface area contributed by atoms with Crippen molar-refractivity contribution >= 4 is 17.8 Å². The second-order valence-corrected chi connectivity index (χ2v) is 7.24. The van der Waals surface area contributed by atoms with Gasteiger partial charge >= 0.3 is 5.97 Å². The maximum Gasteiger partial charge on any atom is 0.308 e. The average molecular weight is 298 g/mol. The van der Waals surface area contributed by atoms with Crippen LogP contribution in [0, 0.1) is 16.7 Å². The number of carbonyl (C=O) groups excluding carboxylic acids is 2. The van der Waals surface area contributed by atoms with Crippen molar-refractivity contribution in [1.82, 2.24) is 0 Å². The molecule has 3 rings (SSSR count). The zero-order valence-electron chi connectivity index (χ0n) is 13.6. The highest BCUT2D eigenvalue weighted by molar-refractivity contribution is 6.07. The molecular weight excluding hydrogens is 276 g/mol. The van der Waals surface area contributed by atoms with Gasteiger partial charge < -0.3 is 4.74 Å². The van der Waals surface area contributed by atoms with Crippen LogP contribution in [0.5, 0.6) is 5.75 Å². The number of esters is 1. The van der Waals surface area contributed by atoms with Gasteiger partial charge in [-0.1, -0.05) is 32.9 Å². The maximum absolute atomic E-state index is 12.8. The first-order valence-electron chi connectivity index (χ1n) is 7.80. The smallest absolute Gasteiger partial charge is 0.308 e. The summed E-state index contributed by atoms with van der Waals surface area (Å²) in [5.41, 5.74) is 1.75. The number of rotatable bonds is 2. The third-order valence-corrected chi connectivity index (χ3v) is 5.83. The lowest BCUT2D eigenvalue weighted by Crippen LogP contribution is -2.32. The van der Waals surface area contributed by atoms with E-state index in [1.807, 2.05) is 18.2 Å². The number of ether oxygens (including phenoxy) is 1. The summed E-state index contributed by atoms with van der Waals surface area (Å²) in [6, 6.07) is 7.30. The van der Waals surface area contributed by atoms with Gasteiger partial charge in [0.1, 0.15) is 5.75 Å².